The molecule has 0 saturated carbocycles. The van der Waals surface area contributed by atoms with E-state index in [0.29, 0.717) is 38.4 Å². The number of benzene rings is 1. The van der Waals surface area contributed by atoms with Crippen LogP contribution in [0, 0.1) is 11.3 Å². The van der Waals surface area contributed by atoms with Crippen LogP contribution in [0.25, 0.3) is 0 Å². The van der Waals surface area contributed by atoms with Crippen LogP contribution in [0.1, 0.15) is 31.4 Å². The van der Waals surface area contributed by atoms with Crippen LogP contribution >= 0.6 is 0 Å². The van der Waals surface area contributed by atoms with Gasteiger partial charge in [0.2, 0.25) is 0 Å². The van der Waals surface area contributed by atoms with E-state index >= 15 is 0 Å². The number of carboxylic acids is 1. The molecule has 1 aromatic carbocycles. The molecule has 104 valence electrons. The highest BCUT2D eigenvalue weighted by atomic mass is 16.5. The van der Waals surface area contributed by atoms with E-state index in [4.69, 9.17) is 4.74 Å². The van der Waals surface area contributed by atoms with E-state index in [1.165, 1.54) is 11.1 Å². The normalized spacial score (nSPS) is 16.6. The Labute approximate surface area is 114 Å². The topological polar surface area (TPSA) is 46.5 Å². The Balaban J connectivity index is 2.00. The van der Waals surface area contributed by atoms with Crippen molar-refractivity contribution in [3.05, 3.63) is 35.4 Å². The molecule has 0 amide bonds. The second kappa shape index (κ2) is 5.74. The summed E-state index contributed by atoms with van der Waals surface area (Å²) in [5.74, 6) is -0.210. The Morgan fingerprint density at radius 3 is 2.37 bits per heavy atom. The molecule has 3 heteroatoms. The third-order valence-corrected chi connectivity index (χ3v) is 3.81. The fourth-order valence-corrected chi connectivity index (χ4v) is 2.72. The van der Waals surface area contributed by atoms with Crippen LogP contribution in [0.5, 0.6) is 0 Å². The van der Waals surface area contributed by atoms with E-state index in [2.05, 4.69) is 13.8 Å². The SMILES string of the molecule is CC(C)COCCC1(C(=O)O)Cc2ccccc2C1. The largest absolute Gasteiger partial charge is 0.481 e. The van der Waals surface area contributed by atoms with Crippen molar-refractivity contribution in [3.8, 4) is 0 Å². The van der Waals surface area contributed by atoms with Gasteiger partial charge in [-0.2, -0.15) is 0 Å². The number of ether oxygens (including phenoxy) is 1. The first-order valence-electron chi connectivity index (χ1n) is 6.91. The Morgan fingerprint density at radius 1 is 1.32 bits per heavy atom. The fourth-order valence-electron chi connectivity index (χ4n) is 2.72. The van der Waals surface area contributed by atoms with Gasteiger partial charge in [0.1, 0.15) is 0 Å². The van der Waals surface area contributed by atoms with Gasteiger partial charge in [-0.3, -0.25) is 4.79 Å². The van der Waals surface area contributed by atoms with E-state index < -0.39 is 11.4 Å². The summed E-state index contributed by atoms with van der Waals surface area (Å²) in [5, 5.41) is 9.59. The molecule has 0 atom stereocenters. The minimum atomic E-state index is -0.697. The number of hydrogen-bond donors (Lipinski definition) is 1. The molecule has 0 aliphatic heterocycles. The average Bonchev–Trinajstić information content (AvgIpc) is 2.74. The van der Waals surface area contributed by atoms with Crippen LogP contribution < -0.4 is 0 Å². The van der Waals surface area contributed by atoms with Gasteiger partial charge in [-0.25, -0.2) is 0 Å². The molecule has 3 nitrogen and oxygen atoms in total. The quantitative estimate of drug-likeness (QED) is 0.802. The zero-order chi connectivity index (χ0) is 13.9. The number of carbonyl (C=O) groups is 1. The maximum atomic E-state index is 11.7. The summed E-state index contributed by atoms with van der Waals surface area (Å²) < 4.78 is 5.57. The maximum absolute atomic E-state index is 11.7. The van der Waals surface area contributed by atoms with Gasteiger partial charge in [0, 0.05) is 13.2 Å². The van der Waals surface area contributed by atoms with Crippen molar-refractivity contribution in [1.82, 2.24) is 0 Å². The van der Waals surface area contributed by atoms with Gasteiger partial charge >= 0.3 is 5.97 Å². The molecule has 1 aliphatic carbocycles. The monoisotopic (exact) mass is 262 g/mol. The highest BCUT2D eigenvalue weighted by Crippen LogP contribution is 2.40. The van der Waals surface area contributed by atoms with Crippen LogP contribution in [0.2, 0.25) is 0 Å². The lowest BCUT2D eigenvalue weighted by atomic mass is 9.82. The lowest BCUT2D eigenvalue weighted by molar-refractivity contribution is -0.149. The molecule has 0 unspecified atom stereocenters. The van der Waals surface area contributed by atoms with Gasteiger partial charge < -0.3 is 9.84 Å². The summed E-state index contributed by atoms with van der Waals surface area (Å²) in [7, 11) is 0. The lowest BCUT2D eigenvalue weighted by Gasteiger charge is -2.23. The first-order valence-corrected chi connectivity index (χ1v) is 6.91. The van der Waals surface area contributed by atoms with Gasteiger partial charge in [0.05, 0.1) is 5.41 Å². The second-order valence-electron chi connectivity index (χ2n) is 5.93. The maximum Gasteiger partial charge on any atom is 0.310 e. The Kier molecular flexibility index (Phi) is 4.25. The summed E-state index contributed by atoms with van der Waals surface area (Å²) in [6, 6.07) is 8.03. The summed E-state index contributed by atoms with van der Waals surface area (Å²) in [6.07, 6.45) is 1.84. The number of hydrogen-bond acceptors (Lipinski definition) is 2. The minimum Gasteiger partial charge on any atom is -0.481 e. The molecule has 0 heterocycles. The van der Waals surface area contributed by atoms with Crippen molar-refractivity contribution in [1.29, 1.82) is 0 Å². The van der Waals surface area contributed by atoms with E-state index in [1.807, 2.05) is 24.3 Å². The zero-order valence-corrected chi connectivity index (χ0v) is 11.7. The van der Waals surface area contributed by atoms with E-state index in [-0.39, 0.29) is 0 Å². The van der Waals surface area contributed by atoms with E-state index in [0.717, 1.165) is 0 Å². The predicted octanol–water partition coefficient (Wildman–Crippen LogP) is 2.92. The minimum absolute atomic E-state index is 0.488. The van der Waals surface area contributed by atoms with E-state index in [1.54, 1.807) is 0 Å². The first-order chi connectivity index (χ1) is 9.03. The van der Waals surface area contributed by atoms with Crippen molar-refractivity contribution >= 4 is 5.97 Å². The lowest BCUT2D eigenvalue weighted by Crippen LogP contribution is -2.33. The molecule has 1 aliphatic rings. The van der Waals surface area contributed by atoms with Crippen molar-refractivity contribution in [2.45, 2.75) is 33.1 Å². The van der Waals surface area contributed by atoms with Crippen LogP contribution in [-0.2, 0) is 22.4 Å². The zero-order valence-electron chi connectivity index (χ0n) is 11.7. The van der Waals surface area contributed by atoms with Gasteiger partial charge in [0.15, 0.2) is 0 Å². The third kappa shape index (κ3) is 3.16. The van der Waals surface area contributed by atoms with Crippen molar-refractivity contribution in [3.63, 3.8) is 0 Å². The number of rotatable bonds is 6. The van der Waals surface area contributed by atoms with Gasteiger partial charge in [-0.1, -0.05) is 38.1 Å². The summed E-state index contributed by atoms with van der Waals surface area (Å²) in [6.45, 7) is 5.41. The van der Waals surface area contributed by atoms with Gasteiger partial charge in [-0.05, 0) is 36.3 Å². The summed E-state index contributed by atoms with van der Waals surface area (Å²) in [4.78, 5) is 11.7. The molecule has 0 radical (unpaired) electrons. The van der Waals surface area contributed by atoms with Crippen LogP contribution in [-0.4, -0.2) is 24.3 Å². The molecular formula is C16H22O3. The molecular weight excluding hydrogens is 240 g/mol. The smallest absolute Gasteiger partial charge is 0.310 e. The highest BCUT2D eigenvalue weighted by molar-refractivity contribution is 5.77. The van der Waals surface area contributed by atoms with Gasteiger partial charge in [0.25, 0.3) is 0 Å². The summed E-state index contributed by atoms with van der Waals surface area (Å²) in [5.41, 5.74) is 1.68. The molecule has 0 spiro atoms. The standard InChI is InChI=1S/C16H22O3/c1-12(2)11-19-8-7-16(15(17)18)9-13-5-3-4-6-14(13)10-16/h3-6,12H,7-11H2,1-2H3,(H,17,18). The third-order valence-electron chi connectivity index (χ3n) is 3.81. The predicted molar refractivity (Wildman–Crippen MR) is 74.2 cm³/mol. The van der Waals surface area contributed by atoms with Crippen molar-refractivity contribution in [2.75, 3.05) is 13.2 Å². The molecule has 0 bridgehead atoms. The second-order valence-corrected chi connectivity index (χ2v) is 5.93. The number of carboxylic acid groups (broad SMARTS) is 1. The van der Waals surface area contributed by atoms with E-state index in [9.17, 15) is 9.90 Å². The molecule has 2 rings (SSSR count). The number of aliphatic carboxylic acids is 1. The Hall–Kier alpha value is -1.35. The first kappa shape index (κ1) is 14.1. The van der Waals surface area contributed by atoms with Crippen LogP contribution in [0.4, 0.5) is 0 Å². The van der Waals surface area contributed by atoms with Crippen LogP contribution in [0.15, 0.2) is 24.3 Å². The Morgan fingerprint density at radius 2 is 1.89 bits per heavy atom. The molecule has 0 saturated heterocycles. The molecule has 19 heavy (non-hydrogen) atoms. The highest BCUT2D eigenvalue weighted by Gasteiger charge is 2.43. The molecule has 0 aromatic heterocycles. The molecule has 0 fully saturated rings. The van der Waals surface area contributed by atoms with Gasteiger partial charge in [-0.15, -0.1) is 0 Å². The molecule has 1 aromatic rings. The summed E-state index contributed by atoms with van der Waals surface area (Å²) >= 11 is 0. The fraction of sp³-hybridized carbons (Fsp3) is 0.562. The average molecular weight is 262 g/mol. The molecule has 1 N–H and O–H groups in total. The number of fused-ring (bicyclic) bond motifs is 1. The van der Waals surface area contributed by atoms with Crippen molar-refractivity contribution in [2.24, 2.45) is 11.3 Å². The van der Waals surface area contributed by atoms with Crippen LogP contribution in [0.3, 0.4) is 0 Å². The Bertz CT molecular complexity index is 426. The van der Waals surface area contributed by atoms with Crippen molar-refractivity contribution < 1.29 is 14.6 Å².